The molecule has 3 nitrogen and oxygen atoms in total. The Morgan fingerprint density at radius 2 is 2.07 bits per heavy atom. The molecular formula is C10H17ClN2O. The molecule has 0 aromatic carbocycles. The van der Waals surface area contributed by atoms with Crippen LogP contribution in [0.15, 0.2) is 0 Å². The molecule has 0 radical (unpaired) electrons. The van der Waals surface area contributed by atoms with Crippen LogP contribution in [-0.2, 0) is 6.54 Å². The molecule has 1 N–H and O–H groups in total. The number of aliphatic hydroxyl groups is 1. The monoisotopic (exact) mass is 216 g/mol. The molecule has 14 heavy (non-hydrogen) atoms. The van der Waals surface area contributed by atoms with E-state index in [1.807, 2.05) is 20.8 Å². The van der Waals surface area contributed by atoms with Gasteiger partial charge < -0.3 is 5.11 Å². The number of hydrogen-bond acceptors (Lipinski definition) is 2. The molecule has 0 saturated carbocycles. The van der Waals surface area contributed by atoms with Crippen molar-refractivity contribution in [2.45, 2.75) is 46.3 Å². The average molecular weight is 217 g/mol. The third kappa shape index (κ3) is 2.28. The van der Waals surface area contributed by atoms with Gasteiger partial charge in [0.1, 0.15) is 0 Å². The zero-order valence-corrected chi connectivity index (χ0v) is 9.89. The van der Waals surface area contributed by atoms with Crippen molar-refractivity contribution in [1.29, 1.82) is 0 Å². The summed E-state index contributed by atoms with van der Waals surface area (Å²) >= 11 is 6.01. The molecule has 1 rings (SSSR count). The van der Waals surface area contributed by atoms with Crippen molar-refractivity contribution in [2.24, 2.45) is 0 Å². The van der Waals surface area contributed by atoms with Gasteiger partial charge in [0.15, 0.2) is 0 Å². The Kier molecular flexibility index (Phi) is 3.22. The predicted octanol–water partition coefficient (Wildman–Crippen LogP) is 2.31. The Morgan fingerprint density at radius 1 is 1.50 bits per heavy atom. The molecule has 1 aromatic rings. The lowest BCUT2D eigenvalue weighted by atomic mass is 10.0. The van der Waals surface area contributed by atoms with E-state index in [1.54, 1.807) is 11.6 Å². The van der Waals surface area contributed by atoms with Crippen LogP contribution in [0.25, 0.3) is 0 Å². The molecule has 0 aliphatic heterocycles. The van der Waals surface area contributed by atoms with Gasteiger partial charge in [0.2, 0.25) is 0 Å². The molecule has 1 aromatic heterocycles. The van der Waals surface area contributed by atoms with Crippen LogP contribution in [0.3, 0.4) is 0 Å². The van der Waals surface area contributed by atoms with Gasteiger partial charge in [-0.2, -0.15) is 5.10 Å². The topological polar surface area (TPSA) is 38.0 Å². The molecule has 0 fully saturated rings. The fourth-order valence-corrected chi connectivity index (χ4v) is 1.40. The average Bonchev–Trinajstić information content (AvgIpc) is 2.33. The van der Waals surface area contributed by atoms with Gasteiger partial charge in [-0.05, 0) is 27.2 Å². The molecule has 1 unspecified atom stereocenters. The van der Waals surface area contributed by atoms with E-state index in [0.29, 0.717) is 18.0 Å². The molecular weight excluding hydrogens is 200 g/mol. The van der Waals surface area contributed by atoms with E-state index in [1.165, 1.54) is 0 Å². The number of rotatable bonds is 3. The Morgan fingerprint density at radius 3 is 2.43 bits per heavy atom. The molecule has 1 atom stereocenters. The van der Waals surface area contributed by atoms with E-state index in [9.17, 15) is 5.11 Å². The quantitative estimate of drug-likeness (QED) is 0.842. The summed E-state index contributed by atoms with van der Waals surface area (Å²) in [6.45, 7) is 8.02. The summed E-state index contributed by atoms with van der Waals surface area (Å²) in [6, 6.07) is 0. The Bertz CT molecular complexity index is 331. The van der Waals surface area contributed by atoms with E-state index < -0.39 is 5.60 Å². The SMILES string of the molecule is CCC(C)(O)Cn1nc(C)c(Cl)c1C. The maximum atomic E-state index is 9.90. The second-order valence-corrected chi connectivity index (χ2v) is 4.37. The van der Waals surface area contributed by atoms with Crippen molar-refractivity contribution in [3.63, 3.8) is 0 Å². The van der Waals surface area contributed by atoms with E-state index in [4.69, 9.17) is 11.6 Å². The first kappa shape index (κ1) is 11.5. The number of aryl methyl sites for hydroxylation is 1. The number of aromatic nitrogens is 2. The minimum atomic E-state index is -0.716. The normalized spacial score (nSPS) is 15.6. The highest BCUT2D eigenvalue weighted by atomic mass is 35.5. The minimum absolute atomic E-state index is 0.489. The van der Waals surface area contributed by atoms with Crippen LogP contribution >= 0.6 is 11.6 Å². The van der Waals surface area contributed by atoms with Gasteiger partial charge in [-0.1, -0.05) is 18.5 Å². The summed E-state index contributed by atoms with van der Waals surface area (Å²) in [5, 5.41) is 14.9. The molecule has 0 bridgehead atoms. The van der Waals surface area contributed by atoms with E-state index in [-0.39, 0.29) is 0 Å². The molecule has 4 heteroatoms. The molecule has 0 saturated heterocycles. The first-order valence-corrected chi connectivity index (χ1v) is 5.17. The smallest absolute Gasteiger partial charge is 0.0844 e. The van der Waals surface area contributed by atoms with E-state index in [2.05, 4.69) is 5.10 Å². The summed E-state index contributed by atoms with van der Waals surface area (Å²) in [6.07, 6.45) is 0.697. The Labute approximate surface area is 89.7 Å². The molecule has 80 valence electrons. The van der Waals surface area contributed by atoms with Crippen molar-refractivity contribution >= 4 is 11.6 Å². The van der Waals surface area contributed by atoms with Crippen LogP contribution in [0, 0.1) is 13.8 Å². The fraction of sp³-hybridized carbons (Fsp3) is 0.700. The highest BCUT2D eigenvalue weighted by Gasteiger charge is 2.21. The van der Waals surface area contributed by atoms with Crippen LogP contribution in [0.5, 0.6) is 0 Å². The van der Waals surface area contributed by atoms with Crippen LogP contribution in [0.1, 0.15) is 31.7 Å². The Balaban J connectivity index is 2.93. The van der Waals surface area contributed by atoms with E-state index >= 15 is 0 Å². The summed E-state index contributed by atoms with van der Waals surface area (Å²) in [5.41, 5.74) is 1.01. The van der Waals surface area contributed by atoms with Crippen molar-refractivity contribution < 1.29 is 5.11 Å². The first-order chi connectivity index (χ1) is 6.37. The molecule has 0 amide bonds. The summed E-state index contributed by atoms with van der Waals surface area (Å²) in [4.78, 5) is 0. The summed E-state index contributed by atoms with van der Waals surface area (Å²) < 4.78 is 1.77. The highest BCUT2D eigenvalue weighted by Crippen LogP contribution is 2.21. The lowest BCUT2D eigenvalue weighted by Crippen LogP contribution is -2.30. The lowest BCUT2D eigenvalue weighted by Gasteiger charge is -2.21. The summed E-state index contributed by atoms with van der Waals surface area (Å²) in [5.74, 6) is 0. The number of halogens is 1. The van der Waals surface area contributed by atoms with Crippen LogP contribution in [0.2, 0.25) is 5.02 Å². The largest absolute Gasteiger partial charge is 0.388 e. The van der Waals surface area contributed by atoms with Crippen molar-refractivity contribution in [3.8, 4) is 0 Å². The first-order valence-electron chi connectivity index (χ1n) is 4.79. The number of hydrogen-bond donors (Lipinski definition) is 1. The number of nitrogens with zero attached hydrogens (tertiary/aromatic N) is 2. The molecule has 1 heterocycles. The maximum absolute atomic E-state index is 9.90. The Hall–Kier alpha value is -0.540. The fourth-order valence-electron chi connectivity index (χ4n) is 1.26. The van der Waals surface area contributed by atoms with E-state index in [0.717, 1.165) is 11.4 Å². The molecule has 0 aliphatic carbocycles. The van der Waals surface area contributed by atoms with Gasteiger partial charge in [0.05, 0.1) is 28.6 Å². The lowest BCUT2D eigenvalue weighted by molar-refractivity contribution is 0.0338. The van der Waals surface area contributed by atoms with Crippen LogP contribution in [0.4, 0.5) is 0 Å². The van der Waals surface area contributed by atoms with Crippen LogP contribution in [-0.4, -0.2) is 20.5 Å². The van der Waals surface area contributed by atoms with Gasteiger partial charge in [0.25, 0.3) is 0 Å². The van der Waals surface area contributed by atoms with Gasteiger partial charge in [-0.15, -0.1) is 0 Å². The third-order valence-corrected chi connectivity index (χ3v) is 3.09. The van der Waals surface area contributed by atoms with Crippen molar-refractivity contribution in [3.05, 3.63) is 16.4 Å². The highest BCUT2D eigenvalue weighted by molar-refractivity contribution is 6.31. The van der Waals surface area contributed by atoms with Crippen molar-refractivity contribution in [2.75, 3.05) is 0 Å². The maximum Gasteiger partial charge on any atom is 0.0844 e. The third-order valence-electron chi connectivity index (χ3n) is 2.55. The van der Waals surface area contributed by atoms with Crippen LogP contribution < -0.4 is 0 Å². The minimum Gasteiger partial charge on any atom is -0.388 e. The standard InChI is InChI=1S/C10H17ClN2O/c1-5-10(4,14)6-13-8(3)9(11)7(2)12-13/h14H,5-6H2,1-4H3. The van der Waals surface area contributed by atoms with Gasteiger partial charge in [-0.25, -0.2) is 0 Å². The van der Waals surface area contributed by atoms with Gasteiger partial charge in [-0.3, -0.25) is 4.68 Å². The zero-order valence-electron chi connectivity index (χ0n) is 9.13. The molecule has 0 aliphatic rings. The van der Waals surface area contributed by atoms with Gasteiger partial charge >= 0.3 is 0 Å². The van der Waals surface area contributed by atoms with Gasteiger partial charge in [0, 0.05) is 0 Å². The van der Waals surface area contributed by atoms with Crippen molar-refractivity contribution in [1.82, 2.24) is 9.78 Å². The predicted molar refractivity (Wildman–Crippen MR) is 57.6 cm³/mol. The second kappa shape index (κ2) is 3.91. The summed E-state index contributed by atoms with van der Waals surface area (Å²) in [7, 11) is 0. The second-order valence-electron chi connectivity index (χ2n) is 3.99. The zero-order chi connectivity index (χ0) is 10.9. The molecule has 0 spiro atoms.